The van der Waals surface area contributed by atoms with Crippen LogP contribution < -0.4 is 16.8 Å². The van der Waals surface area contributed by atoms with E-state index in [2.05, 4.69) is 43.2 Å². The van der Waals surface area contributed by atoms with Crippen LogP contribution in [0.1, 0.15) is 79.6 Å². The second-order valence-electron chi connectivity index (χ2n) is 14.0. The molecule has 16 heteroatoms. The Balaban J connectivity index is 1.98. The van der Waals surface area contributed by atoms with Gasteiger partial charge < -0.3 is 71.5 Å². The summed E-state index contributed by atoms with van der Waals surface area (Å²) in [6, 6.07) is -2.17. The molecule has 0 spiro atoms. The van der Waals surface area contributed by atoms with Gasteiger partial charge >= 0.3 is 0 Å². The van der Waals surface area contributed by atoms with Crippen LogP contribution in [0.4, 0.5) is 0 Å². The molecule has 2 saturated heterocycles. The van der Waals surface area contributed by atoms with Gasteiger partial charge in [0.05, 0.1) is 24.9 Å². The number of nitrogens with zero attached hydrogens (tertiary/aromatic N) is 1. The van der Waals surface area contributed by atoms with E-state index in [-0.39, 0.29) is 32.4 Å². The number of carbonyl (C=O) groups excluding carboxylic acids is 1. The van der Waals surface area contributed by atoms with Crippen LogP contribution in [0.25, 0.3) is 0 Å². The summed E-state index contributed by atoms with van der Waals surface area (Å²) >= 11 is 0. The molecule has 0 bridgehead atoms. The van der Waals surface area contributed by atoms with E-state index >= 15 is 0 Å². The van der Waals surface area contributed by atoms with Gasteiger partial charge in [0.15, 0.2) is 18.9 Å². The Hall–Kier alpha value is -2.16. The monoisotopic (exact) mass is 744 g/mol. The van der Waals surface area contributed by atoms with Gasteiger partial charge in [0, 0.05) is 38.2 Å². The van der Waals surface area contributed by atoms with Crippen molar-refractivity contribution < 1.29 is 59.5 Å². The summed E-state index contributed by atoms with van der Waals surface area (Å²) in [4.78, 5) is 17.3. The number of aliphatic hydroxyl groups excluding tert-OH is 7. The zero-order chi connectivity index (χ0) is 39.0. The first kappa shape index (κ1) is 46.0. The summed E-state index contributed by atoms with van der Waals surface area (Å²) in [5.41, 5.74) is 15.8. The smallest absolute Gasteiger partial charge is 0.249 e. The Morgan fingerprint density at radius 2 is 1.63 bits per heavy atom. The maximum Gasteiger partial charge on any atom is 0.249 e. The van der Waals surface area contributed by atoms with Crippen molar-refractivity contribution in [2.75, 3.05) is 19.7 Å². The van der Waals surface area contributed by atoms with Crippen LogP contribution in [0, 0.1) is 0 Å². The maximum absolute atomic E-state index is 13.0. The van der Waals surface area contributed by atoms with Crippen LogP contribution in [-0.2, 0) is 23.7 Å². The first-order chi connectivity index (χ1) is 24.6. The lowest BCUT2D eigenvalue weighted by Crippen LogP contribution is -2.55. The number of allylic oxidation sites excluding steroid dienone is 6. The van der Waals surface area contributed by atoms with Crippen molar-refractivity contribution in [2.45, 2.75) is 159 Å². The van der Waals surface area contributed by atoms with Gasteiger partial charge in [-0.15, -0.1) is 0 Å². The van der Waals surface area contributed by atoms with Crippen LogP contribution in [0.2, 0.25) is 0 Å². The van der Waals surface area contributed by atoms with E-state index in [0.717, 1.165) is 31.3 Å². The van der Waals surface area contributed by atoms with E-state index in [9.17, 15) is 40.5 Å². The van der Waals surface area contributed by atoms with E-state index in [1.807, 2.05) is 13.0 Å². The fourth-order valence-corrected chi connectivity index (χ4v) is 5.66. The van der Waals surface area contributed by atoms with Crippen molar-refractivity contribution >= 4 is 12.1 Å². The number of carbonyl (C=O) groups is 1. The number of aliphatic hydroxyl groups is 7. The molecular weight excluding hydrogens is 680 g/mol. The quantitative estimate of drug-likeness (QED) is 0.0377. The molecule has 2 rings (SSSR count). The molecule has 0 radical (unpaired) electrons. The molecule has 2 aliphatic rings. The average molecular weight is 745 g/mol. The Bertz CT molecular complexity index is 1180. The van der Waals surface area contributed by atoms with E-state index in [0.29, 0.717) is 0 Å². The molecule has 0 aliphatic carbocycles. The zero-order valence-electron chi connectivity index (χ0n) is 31.2. The fraction of sp³-hybridized carbons (Fsp3) is 0.778. The number of aliphatic imine (C=N–C) groups is 1. The highest BCUT2D eigenvalue weighted by Crippen LogP contribution is 2.25. The van der Waals surface area contributed by atoms with Gasteiger partial charge in [-0.1, -0.05) is 28.9 Å². The molecule has 0 saturated carbocycles. The lowest BCUT2D eigenvalue weighted by molar-refractivity contribution is -0.263. The number of hydrogen-bond donors (Lipinski definition) is 10. The van der Waals surface area contributed by atoms with Crippen molar-refractivity contribution in [3.63, 3.8) is 0 Å². The minimum atomic E-state index is -1.86. The van der Waals surface area contributed by atoms with Gasteiger partial charge in [-0.25, -0.2) is 0 Å². The van der Waals surface area contributed by atoms with Crippen molar-refractivity contribution in [1.82, 2.24) is 5.32 Å². The summed E-state index contributed by atoms with van der Waals surface area (Å²) in [6.45, 7) is 9.41. The highest BCUT2D eigenvalue weighted by molar-refractivity contribution is 5.80. The standard InChI is InChI=1S/C36H64N4O12/c1-20(2)8-6-9-21(3)10-7-11-22(4)12-14-39-15-13-26(42)34(47)40-25(35(48)52-36-33(46)32(45)29(19-41)51-36)16-24(38)23(5)49-30-17-27(43)31(44)28(18-37)50-30/h8,10,12,14,23-33,35-36,41-46,48H,6-7,9,11,13,15-19,37-38H2,1-5H3,(H,40,47)/b21-10+,22-12+,39-14?. The van der Waals surface area contributed by atoms with Crippen molar-refractivity contribution in [1.29, 1.82) is 0 Å². The summed E-state index contributed by atoms with van der Waals surface area (Å²) in [6.07, 6.45) is -2.47. The van der Waals surface area contributed by atoms with E-state index in [4.69, 9.17) is 30.4 Å². The molecule has 2 fully saturated rings. The lowest BCUT2D eigenvalue weighted by Gasteiger charge is -2.38. The molecule has 12 N–H and O–H groups in total. The molecule has 1 amide bonds. The van der Waals surface area contributed by atoms with Crippen LogP contribution in [0.5, 0.6) is 0 Å². The third kappa shape index (κ3) is 15.7. The van der Waals surface area contributed by atoms with Gasteiger partial charge in [-0.2, -0.15) is 0 Å². The number of hydrogen-bond acceptors (Lipinski definition) is 15. The number of nitrogens with one attached hydrogen (secondary N) is 1. The fourth-order valence-electron chi connectivity index (χ4n) is 5.66. The van der Waals surface area contributed by atoms with E-state index in [1.54, 1.807) is 13.1 Å². The van der Waals surface area contributed by atoms with Gasteiger partial charge in [0.2, 0.25) is 5.91 Å². The summed E-state index contributed by atoms with van der Waals surface area (Å²) in [5, 5.41) is 74.2. The molecule has 2 aliphatic heterocycles. The zero-order valence-corrected chi connectivity index (χ0v) is 31.2. The Kier molecular flexibility index (Phi) is 20.9. The molecule has 13 unspecified atom stereocenters. The molecule has 2 heterocycles. The maximum atomic E-state index is 13.0. The van der Waals surface area contributed by atoms with Gasteiger partial charge in [-0.05, 0) is 72.8 Å². The van der Waals surface area contributed by atoms with E-state index < -0.39 is 92.3 Å². The number of amides is 1. The molecular formula is C36H64N4O12. The molecule has 300 valence electrons. The number of ether oxygens (including phenoxy) is 4. The van der Waals surface area contributed by atoms with Crippen LogP contribution >= 0.6 is 0 Å². The third-order valence-electron chi connectivity index (χ3n) is 9.13. The predicted molar refractivity (Wildman–Crippen MR) is 194 cm³/mol. The van der Waals surface area contributed by atoms with Gasteiger partial charge in [-0.3, -0.25) is 9.79 Å². The molecule has 0 aromatic rings. The minimum absolute atomic E-state index is 0.0254. The Labute approximate surface area is 307 Å². The summed E-state index contributed by atoms with van der Waals surface area (Å²) < 4.78 is 22.2. The average Bonchev–Trinajstić information content (AvgIpc) is 3.36. The normalized spacial score (nSPS) is 30.2. The molecule has 0 aromatic carbocycles. The molecule has 16 nitrogen and oxygen atoms in total. The van der Waals surface area contributed by atoms with Crippen LogP contribution in [0.3, 0.4) is 0 Å². The number of rotatable bonds is 22. The van der Waals surface area contributed by atoms with Crippen molar-refractivity contribution in [3.05, 3.63) is 34.9 Å². The largest absolute Gasteiger partial charge is 0.394 e. The third-order valence-corrected chi connectivity index (χ3v) is 9.13. The predicted octanol–water partition coefficient (Wildman–Crippen LogP) is -0.596. The van der Waals surface area contributed by atoms with Crippen LogP contribution in [0.15, 0.2) is 39.9 Å². The first-order valence-corrected chi connectivity index (χ1v) is 18.1. The van der Waals surface area contributed by atoms with Gasteiger partial charge in [0.25, 0.3) is 0 Å². The van der Waals surface area contributed by atoms with Gasteiger partial charge in [0.1, 0.15) is 36.6 Å². The lowest BCUT2D eigenvalue weighted by atomic mass is 10.0. The topological polar surface area (TPSA) is 272 Å². The van der Waals surface area contributed by atoms with Crippen molar-refractivity contribution in [3.8, 4) is 0 Å². The van der Waals surface area contributed by atoms with E-state index in [1.165, 1.54) is 11.1 Å². The highest BCUT2D eigenvalue weighted by atomic mass is 16.8. The Morgan fingerprint density at radius 3 is 2.27 bits per heavy atom. The summed E-state index contributed by atoms with van der Waals surface area (Å²) in [5.74, 6) is -0.846. The van der Waals surface area contributed by atoms with Crippen LogP contribution in [-0.4, -0.2) is 147 Å². The first-order valence-electron chi connectivity index (χ1n) is 18.1. The minimum Gasteiger partial charge on any atom is -0.394 e. The summed E-state index contributed by atoms with van der Waals surface area (Å²) in [7, 11) is 0. The SMILES string of the molecule is CC(C)=CCC/C(C)=C/CC/C(C)=C/C=NCCC(O)C(=O)NC(CC(N)C(C)OC1CC(O)C(O)C(CN)O1)C(O)OC1OC(CO)C(O)C1O. The number of nitrogens with two attached hydrogens (primary N) is 2. The Morgan fingerprint density at radius 1 is 0.962 bits per heavy atom. The highest BCUT2D eigenvalue weighted by Gasteiger charge is 2.45. The molecule has 52 heavy (non-hydrogen) atoms. The molecule has 0 aromatic heterocycles. The second-order valence-corrected chi connectivity index (χ2v) is 14.0. The molecule has 13 atom stereocenters. The van der Waals surface area contributed by atoms with Crippen molar-refractivity contribution in [2.24, 2.45) is 16.5 Å². The second kappa shape index (κ2) is 23.6.